The van der Waals surface area contributed by atoms with Crippen molar-refractivity contribution in [2.24, 2.45) is 0 Å². The summed E-state index contributed by atoms with van der Waals surface area (Å²) in [7, 11) is 1.59. The van der Waals surface area contributed by atoms with Gasteiger partial charge >= 0.3 is 6.03 Å². The van der Waals surface area contributed by atoms with Gasteiger partial charge in [-0.05, 0) is 47.7 Å². The molecule has 0 unspecified atom stereocenters. The molecule has 214 valence electrons. The van der Waals surface area contributed by atoms with E-state index >= 15 is 0 Å². The fourth-order valence-electron chi connectivity index (χ4n) is 4.58. The fourth-order valence-corrected chi connectivity index (χ4v) is 4.58. The van der Waals surface area contributed by atoms with Crippen LogP contribution in [0.5, 0.6) is 17.4 Å². The molecule has 3 N–H and O–H groups in total. The summed E-state index contributed by atoms with van der Waals surface area (Å²) < 4.78 is 11.7. The van der Waals surface area contributed by atoms with Gasteiger partial charge in [0, 0.05) is 29.1 Å². The number of aromatic nitrogens is 2. The maximum atomic E-state index is 13.1. The van der Waals surface area contributed by atoms with E-state index in [0.29, 0.717) is 41.2 Å². The van der Waals surface area contributed by atoms with Gasteiger partial charge in [-0.3, -0.25) is 0 Å². The van der Waals surface area contributed by atoms with E-state index in [0.717, 1.165) is 27.6 Å². The molecule has 0 saturated carbocycles. The third-order valence-corrected chi connectivity index (χ3v) is 6.78. The molecule has 0 atom stereocenters. The van der Waals surface area contributed by atoms with E-state index in [2.05, 4.69) is 46.7 Å². The molecule has 0 aliphatic rings. The Bertz CT molecular complexity index is 1710. The highest BCUT2D eigenvalue weighted by atomic mass is 16.5. The predicted octanol–water partition coefficient (Wildman–Crippen LogP) is 8.29. The van der Waals surface area contributed by atoms with Crippen LogP contribution in [0.2, 0.25) is 0 Å². The third-order valence-electron chi connectivity index (χ3n) is 6.78. The number of urea groups is 1. The molecule has 8 nitrogen and oxygen atoms in total. The smallest absolute Gasteiger partial charge is 0.323 e. The number of carbonyl (C=O) groups excluding carboxylic acids is 1. The van der Waals surface area contributed by atoms with Crippen molar-refractivity contribution in [2.45, 2.75) is 39.7 Å². The van der Waals surface area contributed by atoms with E-state index in [1.54, 1.807) is 13.2 Å². The van der Waals surface area contributed by atoms with Gasteiger partial charge in [0.2, 0.25) is 11.8 Å². The Balaban J connectivity index is 1.36. The van der Waals surface area contributed by atoms with Crippen LogP contribution in [0.15, 0.2) is 91.0 Å². The van der Waals surface area contributed by atoms with Gasteiger partial charge in [-0.2, -0.15) is 4.98 Å². The Morgan fingerprint density at radius 3 is 2.21 bits per heavy atom. The summed E-state index contributed by atoms with van der Waals surface area (Å²) in [5.74, 6) is 2.11. The van der Waals surface area contributed by atoms with Crippen LogP contribution in [-0.4, -0.2) is 23.1 Å². The molecule has 0 aliphatic carbocycles. The van der Waals surface area contributed by atoms with Crippen molar-refractivity contribution in [1.29, 1.82) is 0 Å². The van der Waals surface area contributed by atoms with Crippen molar-refractivity contribution in [2.75, 3.05) is 23.1 Å². The lowest BCUT2D eigenvalue weighted by Gasteiger charge is -2.21. The number of aryl methyl sites for hydroxylation is 1. The number of nitrogens with one attached hydrogen (secondary N) is 3. The lowest BCUT2D eigenvalue weighted by molar-refractivity contribution is 0.262. The van der Waals surface area contributed by atoms with Crippen LogP contribution >= 0.6 is 0 Å². The number of anilines is 3. The zero-order valence-electron chi connectivity index (χ0n) is 24.5. The Hall–Kier alpha value is -5.11. The number of hydrogen-bond acceptors (Lipinski definition) is 6. The highest BCUT2D eigenvalue weighted by Gasteiger charge is 2.18. The number of hydrogen-bond donors (Lipinski definition) is 3. The van der Waals surface area contributed by atoms with Crippen molar-refractivity contribution >= 4 is 34.1 Å². The van der Waals surface area contributed by atoms with Gasteiger partial charge in [-0.15, -0.1) is 0 Å². The number of rotatable bonds is 8. The standard InChI is InChI=1S/C34H35N5O3/c1-22-19-31(39-32(36-22)35-21-23-11-7-6-8-12-23)42-29-18-16-27(25-13-9-10-14-26(25)29)37-33(40)38-28-20-24(34(2,3)4)15-17-30(28)41-5/h6-20H,21H2,1-5H3,(H,35,36,39)(H2,37,38,40). The average molecular weight is 562 g/mol. The second-order valence-corrected chi connectivity index (χ2v) is 11.0. The molecule has 5 rings (SSSR count). The highest BCUT2D eigenvalue weighted by Crippen LogP contribution is 2.35. The summed E-state index contributed by atoms with van der Waals surface area (Å²) in [6, 6.07) is 28.7. The lowest BCUT2D eigenvalue weighted by atomic mass is 9.87. The van der Waals surface area contributed by atoms with Gasteiger partial charge in [0.15, 0.2) is 0 Å². The maximum absolute atomic E-state index is 13.1. The summed E-state index contributed by atoms with van der Waals surface area (Å²) in [5.41, 5.74) is 4.16. The molecule has 1 aromatic heterocycles. The molecule has 1 heterocycles. The summed E-state index contributed by atoms with van der Waals surface area (Å²) >= 11 is 0. The first-order valence-corrected chi connectivity index (χ1v) is 13.8. The maximum Gasteiger partial charge on any atom is 0.323 e. The molecule has 8 heteroatoms. The molecule has 5 aromatic rings. The zero-order valence-corrected chi connectivity index (χ0v) is 24.5. The van der Waals surface area contributed by atoms with E-state index < -0.39 is 0 Å². The monoisotopic (exact) mass is 561 g/mol. The molecule has 0 saturated heterocycles. The Morgan fingerprint density at radius 2 is 1.48 bits per heavy atom. The topological polar surface area (TPSA) is 97.4 Å². The number of methoxy groups -OCH3 is 1. The number of benzene rings is 4. The molecule has 4 aromatic carbocycles. The minimum absolute atomic E-state index is 0.0772. The van der Waals surface area contributed by atoms with Gasteiger partial charge in [-0.25, -0.2) is 9.78 Å². The number of ether oxygens (including phenoxy) is 2. The van der Waals surface area contributed by atoms with Crippen molar-refractivity contribution in [3.8, 4) is 17.4 Å². The SMILES string of the molecule is COc1ccc(C(C)(C)C)cc1NC(=O)Nc1ccc(Oc2cc(C)nc(NCc3ccccc3)n2)c2ccccc12. The van der Waals surface area contributed by atoms with Crippen LogP contribution in [-0.2, 0) is 12.0 Å². The Labute approximate surface area is 246 Å². The van der Waals surface area contributed by atoms with Crippen LogP contribution in [0.25, 0.3) is 10.8 Å². The predicted molar refractivity (Wildman–Crippen MR) is 169 cm³/mol. The molecule has 0 bridgehead atoms. The highest BCUT2D eigenvalue weighted by molar-refractivity contribution is 6.08. The van der Waals surface area contributed by atoms with Gasteiger partial charge in [0.05, 0.1) is 18.5 Å². The normalized spacial score (nSPS) is 11.2. The quantitative estimate of drug-likeness (QED) is 0.176. The van der Waals surface area contributed by atoms with Crippen molar-refractivity contribution in [3.05, 3.63) is 108 Å². The van der Waals surface area contributed by atoms with E-state index in [4.69, 9.17) is 9.47 Å². The molecular formula is C34H35N5O3. The molecule has 0 radical (unpaired) electrons. The summed E-state index contributed by atoms with van der Waals surface area (Å²) in [6.45, 7) is 8.87. The van der Waals surface area contributed by atoms with Crippen molar-refractivity contribution in [1.82, 2.24) is 9.97 Å². The minimum atomic E-state index is -0.376. The van der Waals surface area contributed by atoms with E-state index in [1.165, 1.54) is 0 Å². The molecular weight excluding hydrogens is 526 g/mol. The zero-order chi connectivity index (χ0) is 29.7. The van der Waals surface area contributed by atoms with Crippen LogP contribution in [0.4, 0.5) is 22.1 Å². The van der Waals surface area contributed by atoms with Crippen LogP contribution < -0.4 is 25.4 Å². The lowest BCUT2D eigenvalue weighted by Crippen LogP contribution is -2.21. The van der Waals surface area contributed by atoms with E-state index in [9.17, 15) is 4.79 Å². The summed E-state index contributed by atoms with van der Waals surface area (Å²) in [6.07, 6.45) is 0. The van der Waals surface area contributed by atoms with Gasteiger partial charge < -0.3 is 25.4 Å². The first-order valence-electron chi connectivity index (χ1n) is 13.8. The van der Waals surface area contributed by atoms with Crippen LogP contribution in [0, 0.1) is 6.92 Å². The molecule has 42 heavy (non-hydrogen) atoms. The number of nitrogens with zero attached hydrogens (tertiary/aromatic N) is 2. The molecule has 0 aliphatic heterocycles. The van der Waals surface area contributed by atoms with Crippen molar-refractivity contribution < 1.29 is 14.3 Å². The summed E-state index contributed by atoms with van der Waals surface area (Å²) in [5, 5.41) is 10.9. The summed E-state index contributed by atoms with van der Waals surface area (Å²) in [4.78, 5) is 22.2. The number of carbonyl (C=O) groups is 1. The fraction of sp³-hybridized carbons (Fsp3) is 0.206. The van der Waals surface area contributed by atoms with Crippen LogP contribution in [0.3, 0.4) is 0 Å². The van der Waals surface area contributed by atoms with E-state index in [-0.39, 0.29) is 11.4 Å². The van der Waals surface area contributed by atoms with E-state index in [1.807, 2.05) is 91.9 Å². The van der Waals surface area contributed by atoms with Crippen molar-refractivity contribution in [3.63, 3.8) is 0 Å². The van der Waals surface area contributed by atoms with Crippen LogP contribution in [0.1, 0.15) is 37.6 Å². The average Bonchev–Trinajstić information content (AvgIpc) is 2.97. The second-order valence-electron chi connectivity index (χ2n) is 11.0. The van der Waals surface area contributed by atoms with Gasteiger partial charge in [0.25, 0.3) is 0 Å². The number of amides is 2. The van der Waals surface area contributed by atoms with Gasteiger partial charge in [-0.1, -0.05) is 81.4 Å². The van der Waals surface area contributed by atoms with Gasteiger partial charge in [0.1, 0.15) is 11.5 Å². The second kappa shape index (κ2) is 12.2. The minimum Gasteiger partial charge on any atom is -0.495 e. The molecule has 0 spiro atoms. The first-order chi connectivity index (χ1) is 20.2. The largest absolute Gasteiger partial charge is 0.495 e. The Morgan fingerprint density at radius 1 is 0.786 bits per heavy atom. The Kier molecular flexibility index (Phi) is 8.24. The number of fused-ring (bicyclic) bond motifs is 1. The molecule has 0 fully saturated rings. The molecule has 2 amide bonds. The third kappa shape index (κ3) is 6.78. The first kappa shape index (κ1) is 28.4.